The molecule has 0 radical (unpaired) electrons. The molecule has 1 heterocycles. The zero-order valence-corrected chi connectivity index (χ0v) is 13.5. The van der Waals surface area contributed by atoms with E-state index in [0.717, 1.165) is 22.6 Å². The summed E-state index contributed by atoms with van der Waals surface area (Å²) in [6.07, 6.45) is 4.05. The minimum absolute atomic E-state index is 0.549. The topological polar surface area (TPSA) is 17.8 Å². The lowest BCUT2D eigenvalue weighted by molar-refractivity contribution is 0.637. The molecule has 0 aliphatic rings. The third kappa shape index (κ3) is 3.45. The van der Waals surface area contributed by atoms with Crippen molar-refractivity contribution in [2.45, 2.75) is 18.8 Å². The number of halogens is 2. The number of benzene rings is 1. The van der Waals surface area contributed by atoms with Gasteiger partial charge in [-0.05, 0) is 42.5 Å². The number of hydrogen-bond donors (Lipinski definition) is 0. The average Bonchev–Trinajstić information content (AvgIpc) is 2.78. The van der Waals surface area contributed by atoms with Crippen LogP contribution in [0.3, 0.4) is 0 Å². The number of hydrogen-bond acceptors (Lipinski definition) is 1. The van der Waals surface area contributed by atoms with Crippen LogP contribution in [0.15, 0.2) is 41.0 Å². The van der Waals surface area contributed by atoms with Gasteiger partial charge < -0.3 is 0 Å². The maximum atomic E-state index is 4.20. The second-order valence-corrected chi connectivity index (χ2v) is 5.95. The van der Waals surface area contributed by atoms with Crippen LogP contribution < -0.4 is 0 Å². The fourth-order valence-corrected chi connectivity index (χ4v) is 3.00. The lowest BCUT2D eigenvalue weighted by Gasteiger charge is -2.14. The van der Waals surface area contributed by atoms with Gasteiger partial charge >= 0.3 is 0 Å². The first-order valence-corrected chi connectivity index (χ1v) is 7.90. The van der Waals surface area contributed by atoms with Gasteiger partial charge in [-0.3, -0.25) is 4.68 Å². The molecule has 0 amide bonds. The molecule has 0 aliphatic carbocycles. The van der Waals surface area contributed by atoms with Crippen LogP contribution in [-0.2, 0) is 13.5 Å². The maximum absolute atomic E-state index is 4.20. The summed E-state index contributed by atoms with van der Waals surface area (Å²) < 4.78 is 3.08. The molecule has 1 atom stereocenters. The molecule has 1 aromatic heterocycles. The van der Waals surface area contributed by atoms with Gasteiger partial charge in [0.25, 0.3) is 0 Å². The van der Waals surface area contributed by atoms with Gasteiger partial charge in [0.1, 0.15) is 0 Å². The van der Waals surface area contributed by atoms with E-state index in [4.69, 9.17) is 0 Å². The van der Waals surface area contributed by atoms with Crippen molar-refractivity contribution in [1.82, 2.24) is 9.78 Å². The van der Waals surface area contributed by atoms with Crippen molar-refractivity contribution >= 4 is 31.9 Å². The third-order valence-corrected chi connectivity index (χ3v) is 4.51. The molecular formula is C14H16Br2N2. The monoisotopic (exact) mass is 370 g/mol. The van der Waals surface area contributed by atoms with Crippen molar-refractivity contribution in [3.05, 3.63) is 52.3 Å². The second-order valence-electron chi connectivity index (χ2n) is 4.39. The van der Waals surface area contributed by atoms with E-state index in [1.807, 2.05) is 17.9 Å². The molecule has 4 heteroatoms. The predicted octanol–water partition coefficient (Wildman–Crippen LogP) is 4.29. The van der Waals surface area contributed by atoms with E-state index < -0.39 is 0 Å². The highest BCUT2D eigenvalue weighted by molar-refractivity contribution is 9.10. The van der Waals surface area contributed by atoms with Gasteiger partial charge in [0, 0.05) is 28.7 Å². The highest BCUT2D eigenvalue weighted by Gasteiger charge is 2.11. The maximum Gasteiger partial charge on any atom is 0.0492 e. The number of aromatic nitrogens is 2. The van der Waals surface area contributed by atoms with Crippen LogP contribution in [0.1, 0.15) is 23.6 Å². The quantitative estimate of drug-likeness (QED) is 0.716. The third-order valence-electron chi connectivity index (χ3n) is 3.20. The van der Waals surface area contributed by atoms with Crippen LogP contribution in [-0.4, -0.2) is 15.1 Å². The van der Waals surface area contributed by atoms with Gasteiger partial charge in [0.2, 0.25) is 0 Å². The van der Waals surface area contributed by atoms with E-state index in [0.29, 0.717) is 5.92 Å². The van der Waals surface area contributed by atoms with Crippen molar-refractivity contribution in [3.8, 4) is 0 Å². The second kappa shape index (κ2) is 6.53. The van der Waals surface area contributed by atoms with E-state index in [9.17, 15) is 0 Å². The largest absolute Gasteiger partial charge is 0.273 e. The number of nitrogens with zero attached hydrogens (tertiary/aromatic N) is 2. The molecular weight excluding hydrogens is 356 g/mol. The predicted molar refractivity (Wildman–Crippen MR) is 82.2 cm³/mol. The van der Waals surface area contributed by atoms with E-state index >= 15 is 0 Å². The SMILES string of the molecule is Cn1nccc1CCC(CBr)c1ccc(Br)cc1. The molecule has 0 N–H and O–H groups in total. The van der Waals surface area contributed by atoms with Gasteiger partial charge in [-0.2, -0.15) is 5.10 Å². The first kappa shape index (κ1) is 13.8. The zero-order valence-electron chi connectivity index (χ0n) is 10.3. The molecule has 1 aromatic carbocycles. The molecule has 1 unspecified atom stereocenters. The van der Waals surface area contributed by atoms with Crippen LogP contribution >= 0.6 is 31.9 Å². The van der Waals surface area contributed by atoms with Crippen LogP contribution in [0, 0.1) is 0 Å². The summed E-state index contributed by atoms with van der Waals surface area (Å²) in [6, 6.07) is 10.7. The summed E-state index contributed by atoms with van der Waals surface area (Å²) in [6.45, 7) is 0. The fraction of sp³-hybridized carbons (Fsp3) is 0.357. The van der Waals surface area contributed by atoms with Crippen molar-refractivity contribution in [1.29, 1.82) is 0 Å². The van der Waals surface area contributed by atoms with Crippen LogP contribution in [0.2, 0.25) is 0 Å². The van der Waals surface area contributed by atoms with Crippen molar-refractivity contribution in [2.24, 2.45) is 7.05 Å². The Kier molecular flexibility index (Phi) is 5.01. The first-order valence-electron chi connectivity index (χ1n) is 5.99. The van der Waals surface area contributed by atoms with Crippen LogP contribution in [0.5, 0.6) is 0 Å². The summed E-state index contributed by atoms with van der Waals surface area (Å²) >= 11 is 7.09. The molecule has 2 rings (SSSR count). The summed E-state index contributed by atoms with van der Waals surface area (Å²) in [5, 5.41) is 5.20. The fourth-order valence-electron chi connectivity index (χ4n) is 2.04. The molecule has 18 heavy (non-hydrogen) atoms. The number of alkyl halides is 1. The van der Waals surface area contributed by atoms with E-state index in [1.54, 1.807) is 0 Å². The Bertz CT molecular complexity index is 491. The zero-order chi connectivity index (χ0) is 13.0. The lowest BCUT2D eigenvalue weighted by Crippen LogP contribution is -2.05. The summed E-state index contributed by atoms with van der Waals surface area (Å²) in [5.74, 6) is 0.549. The van der Waals surface area contributed by atoms with Crippen molar-refractivity contribution in [3.63, 3.8) is 0 Å². The average molecular weight is 372 g/mol. The van der Waals surface area contributed by atoms with Crippen molar-refractivity contribution in [2.75, 3.05) is 5.33 Å². The highest BCUT2D eigenvalue weighted by atomic mass is 79.9. The summed E-state index contributed by atoms with van der Waals surface area (Å²) in [5.41, 5.74) is 2.68. The molecule has 0 aliphatic heterocycles. The molecule has 0 saturated carbocycles. The standard InChI is InChI=1S/C14H16Br2N2/c1-18-14(8-9-17-18)7-4-12(10-15)11-2-5-13(16)6-3-11/h2-3,5-6,8-9,12H,4,7,10H2,1H3. The van der Waals surface area contributed by atoms with Gasteiger partial charge in [-0.25, -0.2) is 0 Å². The first-order chi connectivity index (χ1) is 8.70. The molecule has 0 fully saturated rings. The normalized spacial score (nSPS) is 12.6. The number of rotatable bonds is 5. The Balaban J connectivity index is 2.01. The van der Waals surface area contributed by atoms with Crippen molar-refractivity contribution < 1.29 is 0 Å². The van der Waals surface area contributed by atoms with Gasteiger partial charge in [-0.1, -0.05) is 44.0 Å². The Labute approximate surface area is 125 Å². The minimum Gasteiger partial charge on any atom is -0.273 e. The van der Waals surface area contributed by atoms with E-state index in [-0.39, 0.29) is 0 Å². The summed E-state index contributed by atoms with van der Waals surface area (Å²) in [7, 11) is 2.00. The van der Waals surface area contributed by atoms with Gasteiger partial charge in [0.15, 0.2) is 0 Å². The molecule has 0 spiro atoms. The molecule has 2 nitrogen and oxygen atoms in total. The van der Waals surface area contributed by atoms with E-state index in [2.05, 4.69) is 67.3 Å². The van der Waals surface area contributed by atoms with Gasteiger partial charge in [0.05, 0.1) is 0 Å². The Morgan fingerprint density at radius 3 is 2.50 bits per heavy atom. The minimum atomic E-state index is 0.549. The van der Waals surface area contributed by atoms with Crippen LogP contribution in [0.25, 0.3) is 0 Å². The molecule has 0 saturated heterocycles. The van der Waals surface area contributed by atoms with Gasteiger partial charge in [-0.15, -0.1) is 0 Å². The Hall–Kier alpha value is -0.610. The number of aryl methyl sites for hydroxylation is 2. The molecule has 96 valence electrons. The van der Waals surface area contributed by atoms with Crippen LogP contribution in [0.4, 0.5) is 0 Å². The summed E-state index contributed by atoms with van der Waals surface area (Å²) in [4.78, 5) is 0. The lowest BCUT2D eigenvalue weighted by atomic mass is 9.95. The Morgan fingerprint density at radius 1 is 1.22 bits per heavy atom. The smallest absolute Gasteiger partial charge is 0.0492 e. The van der Waals surface area contributed by atoms with E-state index in [1.165, 1.54) is 11.3 Å². The molecule has 2 aromatic rings. The Morgan fingerprint density at radius 2 is 1.94 bits per heavy atom. The molecule has 0 bridgehead atoms. The highest BCUT2D eigenvalue weighted by Crippen LogP contribution is 2.25.